The number of methoxy groups -OCH3 is 2. The first-order valence-electron chi connectivity index (χ1n) is 11.1. The van der Waals surface area contributed by atoms with Gasteiger partial charge < -0.3 is 24.1 Å². The highest BCUT2D eigenvalue weighted by Crippen LogP contribution is 2.42. The molecule has 0 aliphatic rings. The lowest BCUT2D eigenvalue weighted by Gasteiger charge is -2.17. The van der Waals surface area contributed by atoms with Gasteiger partial charge in [-0.1, -0.05) is 48.5 Å². The Morgan fingerprint density at radius 3 is 1.86 bits per heavy atom. The standard InChI is InChI=1S/C28H27NO6S/c1-32-27-17-24(21-11-14-26(25(29)15-21)34-18-19-7-5-4-6-8-19)28(33-2)16-23(27)20-9-12-22(13-10-20)35-36(3,30)31/h4-17H,18,29H2,1-3H3. The fourth-order valence-corrected chi connectivity index (χ4v) is 4.26. The summed E-state index contributed by atoms with van der Waals surface area (Å²) < 4.78 is 45.0. The average Bonchev–Trinajstić information content (AvgIpc) is 2.87. The summed E-state index contributed by atoms with van der Waals surface area (Å²) in [5, 5.41) is 0. The van der Waals surface area contributed by atoms with Crippen molar-refractivity contribution in [3.05, 3.63) is 90.5 Å². The van der Waals surface area contributed by atoms with Gasteiger partial charge in [-0.05, 0) is 53.1 Å². The second-order valence-electron chi connectivity index (χ2n) is 8.09. The second-order valence-corrected chi connectivity index (χ2v) is 9.67. The molecule has 0 bridgehead atoms. The first-order valence-corrected chi connectivity index (χ1v) is 12.9. The Kier molecular flexibility index (Phi) is 7.36. The monoisotopic (exact) mass is 505 g/mol. The van der Waals surface area contributed by atoms with Crippen LogP contribution in [-0.2, 0) is 16.7 Å². The minimum atomic E-state index is -3.60. The maximum atomic E-state index is 11.4. The second kappa shape index (κ2) is 10.6. The number of benzene rings is 4. The van der Waals surface area contributed by atoms with Crippen molar-refractivity contribution in [2.75, 3.05) is 26.2 Å². The van der Waals surface area contributed by atoms with E-state index in [4.69, 9.17) is 24.1 Å². The summed E-state index contributed by atoms with van der Waals surface area (Å²) in [5.41, 5.74) is 11.1. The SMILES string of the molecule is COc1cc(-c2ccc(OCc3ccccc3)c(N)c2)c(OC)cc1-c1ccc(OS(C)(=O)=O)cc1. The Balaban J connectivity index is 1.63. The van der Waals surface area contributed by atoms with E-state index >= 15 is 0 Å². The average molecular weight is 506 g/mol. The molecule has 0 aromatic heterocycles. The normalized spacial score (nSPS) is 11.1. The van der Waals surface area contributed by atoms with Gasteiger partial charge in [0.05, 0.1) is 26.2 Å². The van der Waals surface area contributed by atoms with Crippen LogP contribution in [0.25, 0.3) is 22.3 Å². The minimum Gasteiger partial charge on any atom is -0.496 e. The summed E-state index contributed by atoms with van der Waals surface area (Å²) in [4.78, 5) is 0. The molecule has 8 heteroatoms. The zero-order valence-electron chi connectivity index (χ0n) is 20.2. The molecule has 0 aliphatic heterocycles. The third-order valence-corrected chi connectivity index (χ3v) is 5.99. The molecule has 0 radical (unpaired) electrons. The van der Waals surface area contributed by atoms with Crippen molar-refractivity contribution in [3.8, 4) is 45.3 Å². The summed E-state index contributed by atoms with van der Waals surface area (Å²) in [5.74, 6) is 2.07. The fraction of sp³-hybridized carbons (Fsp3) is 0.143. The third-order valence-electron chi connectivity index (χ3n) is 5.49. The number of hydrogen-bond acceptors (Lipinski definition) is 7. The molecule has 0 aliphatic carbocycles. The van der Waals surface area contributed by atoms with Crippen LogP contribution in [0.3, 0.4) is 0 Å². The summed E-state index contributed by atoms with van der Waals surface area (Å²) in [7, 11) is -0.418. The largest absolute Gasteiger partial charge is 0.496 e. The number of ether oxygens (including phenoxy) is 3. The van der Waals surface area contributed by atoms with Crippen LogP contribution in [0.15, 0.2) is 84.9 Å². The van der Waals surface area contributed by atoms with Crippen molar-refractivity contribution in [2.45, 2.75) is 6.61 Å². The molecule has 0 amide bonds. The zero-order chi connectivity index (χ0) is 25.7. The van der Waals surface area contributed by atoms with E-state index in [9.17, 15) is 8.42 Å². The highest BCUT2D eigenvalue weighted by Gasteiger charge is 2.16. The first-order chi connectivity index (χ1) is 17.3. The Bertz CT molecular complexity index is 1450. The quantitative estimate of drug-likeness (QED) is 0.236. The highest BCUT2D eigenvalue weighted by molar-refractivity contribution is 7.86. The van der Waals surface area contributed by atoms with Crippen LogP contribution in [0.2, 0.25) is 0 Å². The first kappa shape index (κ1) is 24.9. The summed E-state index contributed by atoms with van der Waals surface area (Å²) >= 11 is 0. The van der Waals surface area contributed by atoms with Gasteiger partial charge in [0.15, 0.2) is 0 Å². The van der Waals surface area contributed by atoms with Crippen LogP contribution in [-0.4, -0.2) is 28.9 Å². The maximum Gasteiger partial charge on any atom is 0.306 e. The van der Waals surface area contributed by atoms with Crippen molar-refractivity contribution in [2.24, 2.45) is 0 Å². The number of nitrogen functional groups attached to an aromatic ring is 1. The van der Waals surface area contributed by atoms with E-state index in [1.165, 1.54) is 0 Å². The fourth-order valence-electron chi connectivity index (χ4n) is 3.80. The molecular weight excluding hydrogens is 478 g/mol. The van der Waals surface area contributed by atoms with E-state index in [1.807, 2.05) is 60.7 Å². The van der Waals surface area contributed by atoms with E-state index in [2.05, 4.69) is 0 Å². The molecule has 0 saturated heterocycles. The van der Waals surface area contributed by atoms with Crippen LogP contribution in [0.5, 0.6) is 23.0 Å². The molecule has 0 spiro atoms. The van der Waals surface area contributed by atoms with Gasteiger partial charge in [0.1, 0.15) is 29.6 Å². The summed E-state index contributed by atoms with van der Waals surface area (Å²) in [6.07, 6.45) is 1.00. The molecule has 0 heterocycles. The van der Waals surface area contributed by atoms with E-state index in [0.717, 1.165) is 34.1 Å². The van der Waals surface area contributed by atoms with E-state index < -0.39 is 10.1 Å². The van der Waals surface area contributed by atoms with Crippen LogP contribution in [0.4, 0.5) is 5.69 Å². The van der Waals surface area contributed by atoms with Gasteiger partial charge in [-0.25, -0.2) is 0 Å². The van der Waals surface area contributed by atoms with Gasteiger partial charge >= 0.3 is 10.1 Å². The van der Waals surface area contributed by atoms with Gasteiger partial charge in [-0.2, -0.15) is 8.42 Å². The van der Waals surface area contributed by atoms with Gasteiger partial charge in [-0.15, -0.1) is 0 Å². The number of nitrogens with two attached hydrogens (primary N) is 1. The lowest BCUT2D eigenvalue weighted by atomic mass is 9.97. The highest BCUT2D eigenvalue weighted by atomic mass is 32.2. The van der Waals surface area contributed by atoms with Crippen LogP contribution in [0.1, 0.15) is 5.56 Å². The predicted molar refractivity (Wildman–Crippen MR) is 141 cm³/mol. The predicted octanol–water partition coefficient (Wildman–Crippen LogP) is 5.54. The van der Waals surface area contributed by atoms with E-state index in [-0.39, 0.29) is 5.75 Å². The molecule has 0 unspecified atom stereocenters. The lowest BCUT2D eigenvalue weighted by molar-refractivity contribution is 0.308. The molecule has 0 saturated carbocycles. The van der Waals surface area contributed by atoms with Crippen LogP contribution >= 0.6 is 0 Å². The van der Waals surface area contributed by atoms with Crippen molar-refractivity contribution < 1.29 is 26.8 Å². The van der Waals surface area contributed by atoms with Gasteiger partial charge in [0.2, 0.25) is 0 Å². The van der Waals surface area contributed by atoms with Gasteiger partial charge in [0.25, 0.3) is 0 Å². The zero-order valence-corrected chi connectivity index (χ0v) is 21.0. The Hall–Kier alpha value is -4.17. The molecular formula is C28H27NO6S. The summed E-state index contributed by atoms with van der Waals surface area (Å²) in [6.45, 7) is 0.421. The Labute approximate surface area is 211 Å². The van der Waals surface area contributed by atoms with Crippen molar-refractivity contribution in [1.29, 1.82) is 0 Å². The molecule has 4 aromatic rings. The minimum absolute atomic E-state index is 0.230. The molecule has 2 N–H and O–H groups in total. The van der Waals surface area contributed by atoms with Crippen LogP contribution < -0.4 is 24.1 Å². The lowest BCUT2D eigenvalue weighted by Crippen LogP contribution is -2.05. The molecule has 0 atom stereocenters. The molecule has 186 valence electrons. The van der Waals surface area contributed by atoms with E-state index in [0.29, 0.717) is 29.5 Å². The van der Waals surface area contributed by atoms with Gasteiger partial charge in [0, 0.05) is 11.1 Å². The Morgan fingerprint density at radius 1 is 0.722 bits per heavy atom. The molecule has 0 fully saturated rings. The number of hydrogen-bond donors (Lipinski definition) is 1. The van der Waals surface area contributed by atoms with Crippen molar-refractivity contribution in [3.63, 3.8) is 0 Å². The van der Waals surface area contributed by atoms with Crippen molar-refractivity contribution in [1.82, 2.24) is 0 Å². The molecule has 4 rings (SSSR count). The van der Waals surface area contributed by atoms with Gasteiger partial charge in [-0.3, -0.25) is 0 Å². The topological polar surface area (TPSA) is 97.1 Å². The Morgan fingerprint density at radius 2 is 1.31 bits per heavy atom. The molecule has 4 aromatic carbocycles. The summed E-state index contributed by atoms with van der Waals surface area (Å²) in [6, 6.07) is 25.9. The van der Waals surface area contributed by atoms with Crippen molar-refractivity contribution >= 4 is 15.8 Å². The molecule has 36 heavy (non-hydrogen) atoms. The maximum absolute atomic E-state index is 11.4. The van der Waals surface area contributed by atoms with Crippen LogP contribution in [0, 0.1) is 0 Å². The number of rotatable bonds is 9. The van der Waals surface area contributed by atoms with E-state index in [1.54, 1.807) is 38.5 Å². The smallest absolute Gasteiger partial charge is 0.306 e. The molecule has 7 nitrogen and oxygen atoms in total. The number of anilines is 1. The third kappa shape index (κ3) is 5.90.